The molecule has 3 heterocycles. The zero-order valence-corrected chi connectivity index (χ0v) is 18.8. The van der Waals surface area contributed by atoms with Gasteiger partial charge in [-0.2, -0.15) is 5.10 Å². The molecule has 2 bridgehead atoms. The molecule has 1 saturated heterocycles. The second-order valence-electron chi connectivity index (χ2n) is 8.91. The first-order chi connectivity index (χ1) is 16.8. The highest BCUT2D eigenvalue weighted by molar-refractivity contribution is 5.91. The van der Waals surface area contributed by atoms with Crippen LogP contribution in [0.2, 0.25) is 0 Å². The van der Waals surface area contributed by atoms with Crippen LogP contribution in [-0.2, 0) is 9.59 Å². The maximum Gasteiger partial charge on any atom is 0.255 e. The first-order valence-electron chi connectivity index (χ1n) is 11.3. The van der Waals surface area contributed by atoms with Crippen LogP contribution in [0.3, 0.4) is 0 Å². The van der Waals surface area contributed by atoms with E-state index < -0.39 is 53.8 Å². The van der Waals surface area contributed by atoms with Crippen molar-refractivity contribution in [1.29, 1.82) is 0 Å². The molecule has 10 heteroatoms. The molecule has 1 fully saturated rings. The van der Waals surface area contributed by atoms with Crippen LogP contribution in [0.5, 0.6) is 0 Å². The van der Waals surface area contributed by atoms with Gasteiger partial charge in [0.25, 0.3) is 11.8 Å². The van der Waals surface area contributed by atoms with E-state index in [1.165, 1.54) is 4.90 Å². The van der Waals surface area contributed by atoms with E-state index in [0.29, 0.717) is 24.0 Å². The molecule has 2 aliphatic heterocycles. The van der Waals surface area contributed by atoms with Crippen LogP contribution in [0.25, 0.3) is 5.69 Å². The van der Waals surface area contributed by atoms with Gasteiger partial charge in [0.1, 0.15) is 0 Å². The molecule has 5 rings (SSSR count). The number of hydrogen-bond donors (Lipinski definition) is 3. The summed E-state index contributed by atoms with van der Waals surface area (Å²) in [7, 11) is 0. The zero-order valence-electron chi connectivity index (χ0n) is 18.8. The van der Waals surface area contributed by atoms with Crippen molar-refractivity contribution in [3.63, 3.8) is 0 Å². The van der Waals surface area contributed by atoms with Gasteiger partial charge in [-0.25, -0.2) is 13.5 Å². The first kappa shape index (κ1) is 23.1. The topological polar surface area (TPSA) is 108 Å². The van der Waals surface area contributed by atoms with Gasteiger partial charge in [0, 0.05) is 12.4 Å². The number of benzene rings is 2. The average Bonchev–Trinajstić information content (AvgIpc) is 3.59. The van der Waals surface area contributed by atoms with E-state index in [1.807, 2.05) is 12.1 Å². The number of nitrogens with one attached hydrogen (secondary N) is 1. The molecule has 0 saturated carbocycles. The minimum absolute atomic E-state index is 0.492. The van der Waals surface area contributed by atoms with Crippen molar-refractivity contribution in [2.75, 3.05) is 0 Å². The lowest BCUT2D eigenvalue weighted by Crippen LogP contribution is -2.50. The minimum Gasteiger partial charge on any atom is -0.380 e. The highest BCUT2D eigenvalue weighted by atomic mass is 19.2. The Kier molecular flexibility index (Phi) is 5.86. The number of aliphatic hydroxyl groups is 2. The molecule has 8 nitrogen and oxygen atoms in total. The summed E-state index contributed by atoms with van der Waals surface area (Å²) in [6.45, 7) is 1.71. The predicted octanol–water partition coefficient (Wildman–Crippen LogP) is 2.47. The first-order valence-corrected chi connectivity index (χ1v) is 11.3. The highest BCUT2D eigenvalue weighted by Crippen LogP contribution is 2.53. The number of hydrogen-bond acceptors (Lipinski definition) is 5. The number of amides is 2. The summed E-state index contributed by atoms with van der Waals surface area (Å²) in [6, 6.07) is 9.62. The Morgan fingerprint density at radius 2 is 1.63 bits per heavy atom. The molecule has 1 aromatic heterocycles. The number of halogens is 2. The van der Waals surface area contributed by atoms with Crippen LogP contribution >= 0.6 is 0 Å². The second-order valence-corrected chi connectivity index (χ2v) is 8.91. The van der Waals surface area contributed by atoms with E-state index >= 15 is 0 Å². The van der Waals surface area contributed by atoms with Gasteiger partial charge >= 0.3 is 0 Å². The number of carbonyl (C=O) groups is 2. The van der Waals surface area contributed by atoms with Crippen molar-refractivity contribution in [1.82, 2.24) is 20.0 Å². The van der Waals surface area contributed by atoms with Crippen LogP contribution in [0.4, 0.5) is 8.78 Å². The third-order valence-electron chi connectivity index (χ3n) is 6.83. The standard InChI is InChI=1S/C25H24F2N4O4/c1-13(14-3-5-15(6-4-14)30-10-2-9-28-30)29-24(34)22(32)23(33)25(35)31-20-7-8-21(31)17-12-19(27)18(26)11-16(17)20/h2-6,9-13,20-23,32-33H,7-8H2,1H3,(H,29,34)/t13?,20-,21+,22?,23?. The van der Waals surface area contributed by atoms with E-state index in [-0.39, 0.29) is 0 Å². The average molecular weight is 482 g/mol. The predicted molar refractivity (Wildman–Crippen MR) is 120 cm³/mol. The minimum atomic E-state index is -2.02. The molecule has 182 valence electrons. The van der Waals surface area contributed by atoms with Gasteiger partial charge in [0.05, 0.1) is 23.8 Å². The van der Waals surface area contributed by atoms with Crippen LogP contribution in [-0.4, -0.2) is 48.9 Å². The molecule has 0 spiro atoms. The van der Waals surface area contributed by atoms with Gasteiger partial charge in [-0.3, -0.25) is 9.59 Å². The van der Waals surface area contributed by atoms with E-state index in [0.717, 1.165) is 23.4 Å². The third-order valence-corrected chi connectivity index (χ3v) is 6.83. The zero-order chi connectivity index (χ0) is 24.9. The van der Waals surface area contributed by atoms with Crippen molar-refractivity contribution < 1.29 is 28.6 Å². The highest BCUT2D eigenvalue weighted by Gasteiger charge is 2.49. The quantitative estimate of drug-likeness (QED) is 0.500. The summed E-state index contributed by atoms with van der Waals surface area (Å²) in [6.07, 6.45) is 0.478. The second kappa shape index (κ2) is 8.86. The molecule has 3 unspecified atom stereocenters. The Labute approximate surface area is 199 Å². The number of rotatable bonds is 6. The summed E-state index contributed by atoms with van der Waals surface area (Å²) in [4.78, 5) is 27.0. The van der Waals surface area contributed by atoms with Crippen LogP contribution < -0.4 is 5.32 Å². The Morgan fingerprint density at radius 1 is 1.03 bits per heavy atom. The molecular weight excluding hydrogens is 458 g/mol. The summed E-state index contributed by atoms with van der Waals surface area (Å²) < 4.78 is 29.2. The van der Waals surface area contributed by atoms with Gasteiger partial charge in [0.2, 0.25) is 0 Å². The van der Waals surface area contributed by atoms with Gasteiger partial charge in [-0.05, 0) is 66.8 Å². The van der Waals surface area contributed by atoms with Crippen molar-refractivity contribution >= 4 is 11.8 Å². The Bertz CT molecular complexity index is 1230. The van der Waals surface area contributed by atoms with Crippen LogP contribution in [0.1, 0.15) is 54.6 Å². The molecule has 3 N–H and O–H groups in total. The maximum absolute atomic E-state index is 13.7. The maximum atomic E-state index is 13.7. The fourth-order valence-corrected chi connectivity index (χ4v) is 5.03. The summed E-state index contributed by atoms with van der Waals surface area (Å²) in [5.74, 6) is -3.77. The van der Waals surface area contributed by atoms with Gasteiger partial charge < -0.3 is 20.4 Å². The Morgan fingerprint density at radius 3 is 2.17 bits per heavy atom. The van der Waals surface area contributed by atoms with Gasteiger partial charge in [0.15, 0.2) is 23.8 Å². The lowest BCUT2D eigenvalue weighted by molar-refractivity contribution is -0.155. The normalized spacial score (nSPS) is 20.9. The lowest BCUT2D eigenvalue weighted by Gasteiger charge is -2.27. The molecule has 0 radical (unpaired) electrons. The summed E-state index contributed by atoms with van der Waals surface area (Å²) in [5.41, 5.74) is 2.57. The number of aromatic nitrogens is 2. The summed E-state index contributed by atoms with van der Waals surface area (Å²) >= 11 is 0. The van der Waals surface area contributed by atoms with Crippen molar-refractivity contribution in [3.05, 3.63) is 83.2 Å². The molecule has 5 atom stereocenters. The SMILES string of the molecule is CC(NC(=O)C(O)C(O)C(=O)N1[C@@H]2CC[C@H]1c1cc(F)c(F)cc12)c1ccc(-n2cccn2)cc1. The molecule has 0 aliphatic carbocycles. The van der Waals surface area contributed by atoms with Crippen LogP contribution in [0, 0.1) is 11.6 Å². The van der Waals surface area contributed by atoms with Crippen molar-refractivity contribution in [3.8, 4) is 5.69 Å². The molecular formula is C25H24F2N4O4. The van der Waals surface area contributed by atoms with Crippen molar-refractivity contribution in [2.24, 2.45) is 0 Å². The smallest absolute Gasteiger partial charge is 0.255 e. The number of aliphatic hydroxyl groups excluding tert-OH is 2. The van der Waals surface area contributed by atoms with E-state index in [9.17, 15) is 28.6 Å². The van der Waals surface area contributed by atoms with Gasteiger partial charge in [-0.15, -0.1) is 0 Å². The van der Waals surface area contributed by atoms with Crippen LogP contribution in [0.15, 0.2) is 54.9 Å². The molecule has 3 aromatic rings. The van der Waals surface area contributed by atoms with E-state index in [2.05, 4.69) is 10.4 Å². The Balaban J connectivity index is 1.24. The molecule has 2 aliphatic rings. The lowest BCUT2D eigenvalue weighted by atomic mass is 9.92. The fraction of sp³-hybridized carbons (Fsp3) is 0.320. The number of carbonyl (C=O) groups excluding carboxylic acids is 2. The van der Waals surface area contributed by atoms with E-state index in [4.69, 9.17) is 0 Å². The fourth-order valence-electron chi connectivity index (χ4n) is 5.03. The Hall–Kier alpha value is -3.63. The summed E-state index contributed by atoms with van der Waals surface area (Å²) in [5, 5.41) is 27.7. The largest absolute Gasteiger partial charge is 0.380 e. The van der Waals surface area contributed by atoms with Crippen molar-refractivity contribution in [2.45, 2.75) is 50.1 Å². The molecule has 2 amide bonds. The van der Waals surface area contributed by atoms with E-state index in [1.54, 1.807) is 42.2 Å². The number of fused-ring (bicyclic) bond motifs is 5. The third kappa shape index (κ3) is 3.98. The molecule has 35 heavy (non-hydrogen) atoms. The molecule has 2 aromatic carbocycles. The van der Waals surface area contributed by atoms with Gasteiger partial charge in [-0.1, -0.05) is 12.1 Å². The number of nitrogens with zero attached hydrogens (tertiary/aromatic N) is 3. The monoisotopic (exact) mass is 482 g/mol.